The quantitative estimate of drug-likeness (QED) is 0.688. The largest absolute Gasteiger partial charge is 0.347 e. The molecule has 0 atom stereocenters. The minimum absolute atomic E-state index is 0.0143. The summed E-state index contributed by atoms with van der Waals surface area (Å²) in [7, 11) is -0.357. The van der Waals surface area contributed by atoms with E-state index in [0.717, 1.165) is 0 Å². The zero-order valence-electron chi connectivity index (χ0n) is 19.3. The van der Waals surface area contributed by atoms with Crippen LogP contribution in [0.15, 0.2) is 72.5 Å². The number of benzene rings is 2. The first kappa shape index (κ1) is 24.2. The van der Waals surface area contributed by atoms with Crippen molar-refractivity contribution >= 4 is 17.1 Å². The molecule has 0 saturated carbocycles. The lowest BCUT2D eigenvalue weighted by Gasteiger charge is -2.23. The average molecular weight is 458 g/mol. The van der Waals surface area contributed by atoms with Gasteiger partial charge in [0.1, 0.15) is 7.05 Å². The lowest BCUT2D eigenvalue weighted by molar-refractivity contribution is -1.92. The molecular weight excluding hydrogens is 428 g/mol. The highest BCUT2D eigenvalue weighted by Gasteiger charge is 2.42. The van der Waals surface area contributed by atoms with E-state index >= 15 is 0 Å². The van der Waals surface area contributed by atoms with Gasteiger partial charge in [-0.3, -0.25) is 0 Å². The van der Waals surface area contributed by atoms with Crippen LogP contribution in [0.25, 0.3) is 0 Å². The second-order valence-corrected chi connectivity index (χ2v) is 9.89. The molecule has 1 N–H and O–H groups in total. The fraction of sp³-hybridized carbons (Fsp3) is 0.320. The molecule has 2 aliphatic rings. The second kappa shape index (κ2) is 8.46. The fourth-order valence-electron chi connectivity index (χ4n) is 4.83. The molecule has 32 heavy (non-hydrogen) atoms. The number of rotatable bonds is 2. The van der Waals surface area contributed by atoms with E-state index < -0.39 is 10.2 Å². The number of hydrogen-bond acceptors (Lipinski definition) is 5. The first-order valence-electron chi connectivity index (χ1n) is 10.3. The molecule has 6 nitrogen and oxygen atoms in total. The Morgan fingerprint density at radius 1 is 0.906 bits per heavy atom. The van der Waals surface area contributed by atoms with Gasteiger partial charge in [0, 0.05) is 41.6 Å². The van der Waals surface area contributed by atoms with Crippen LogP contribution < -0.4 is 18.9 Å². The Morgan fingerprint density at radius 3 is 2.00 bits per heavy atom. The molecule has 7 heteroatoms. The molecule has 0 aromatic heterocycles. The molecule has 0 bridgehead atoms. The lowest BCUT2D eigenvalue weighted by atomic mass is 9.81. The maximum absolute atomic E-state index is 8.60. The molecule has 170 valence electrons. The summed E-state index contributed by atoms with van der Waals surface area (Å²) in [5, 5.41) is 0. The average Bonchev–Trinajstić information content (AvgIpc) is 3.01. The van der Waals surface area contributed by atoms with E-state index in [1.807, 2.05) is 0 Å². The predicted octanol–water partition coefficient (Wildman–Crippen LogP) is 1.44. The smallest absolute Gasteiger partial charge is 0.209 e. The Kier molecular flexibility index (Phi) is 6.39. The molecule has 0 spiro atoms. The maximum atomic E-state index is 8.60. The summed E-state index contributed by atoms with van der Waals surface area (Å²) in [5.41, 5.74) is 8.09. The van der Waals surface area contributed by atoms with E-state index in [-0.39, 0.29) is 10.8 Å². The van der Waals surface area contributed by atoms with Gasteiger partial charge in [-0.15, -0.1) is 0 Å². The predicted molar refractivity (Wildman–Crippen MR) is 118 cm³/mol. The van der Waals surface area contributed by atoms with Gasteiger partial charge in [-0.2, -0.15) is 18.6 Å². The Balaban J connectivity index is 0.000000523. The zero-order valence-corrected chi connectivity index (χ0v) is 20.1. The van der Waals surface area contributed by atoms with Gasteiger partial charge in [-0.05, 0) is 31.6 Å². The van der Waals surface area contributed by atoms with Crippen LogP contribution in [-0.2, 0) is 10.8 Å². The van der Waals surface area contributed by atoms with Crippen molar-refractivity contribution in [3.63, 3.8) is 0 Å². The molecule has 2 aromatic carbocycles. The van der Waals surface area contributed by atoms with Crippen molar-refractivity contribution in [1.82, 2.24) is 0 Å². The van der Waals surface area contributed by atoms with Crippen LogP contribution in [0.4, 0.5) is 11.4 Å². The van der Waals surface area contributed by atoms with Gasteiger partial charge in [0.05, 0.1) is 20.3 Å². The summed E-state index contributed by atoms with van der Waals surface area (Å²) < 4.78 is 35.0. The molecule has 0 aliphatic carbocycles. The number of para-hydroxylation sites is 2. The number of anilines is 1. The van der Waals surface area contributed by atoms with Crippen LogP contribution in [0.1, 0.15) is 38.8 Å². The van der Waals surface area contributed by atoms with Gasteiger partial charge in [0.25, 0.3) is 0 Å². The minimum atomic E-state index is -4.69. The summed E-state index contributed by atoms with van der Waals surface area (Å²) >= 11 is 0. The van der Waals surface area contributed by atoms with Crippen molar-refractivity contribution in [3.05, 3.63) is 83.6 Å². The Hall–Kier alpha value is -2.48. The van der Waals surface area contributed by atoms with Gasteiger partial charge in [-0.25, -0.2) is 0 Å². The second-order valence-electron chi connectivity index (χ2n) is 9.09. The monoisotopic (exact) mass is 457 g/mol. The van der Waals surface area contributed by atoms with E-state index in [4.69, 9.17) is 18.6 Å². The van der Waals surface area contributed by atoms with Gasteiger partial charge in [0.2, 0.25) is 5.69 Å². The van der Waals surface area contributed by atoms with Crippen LogP contribution in [0.3, 0.4) is 0 Å². The van der Waals surface area contributed by atoms with Crippen LogP contribution in [0.5, 0.6) is 0 Å². The number of likely N-dealkylation sites (N-methyl/N-ethyl adjacent to an activating group) is 1. The van der Waals surface area contributed by atoms with Crippen LogP contribution in [-0.4, -0.2) is 29.0 Å². The Morgan fingerprint density at radius 2 is 1.44 bits per heavy atom. The Labute approximate surface area is 191 Å². The highest BCUT2D eigenvalue weighted by molar-refractivity contribution is 6.03. The highest BCUT2D eigenvalue weighted by atomic mass is 35.7. The number of nitrogens with zero attached hydrogens (tertiary/aromatic N) is 2. The third-order valence-corrected chi connectivity index (χ3v) is 6.39. The standard InChI is InChI=1S/C25H29N2.ClHO4/c1-24(2)18-12-7-9-14-20(18)26(5)22(24)16-11-17-23-25(3,4)19-13-8-10-15-21(19)27(23)6;2-1(3,4)5/h7-17H,1-6H3;(H,2,3,4,5)/q+1;. The van der Waals surface area contributed by atoms with Gasteiger partial charge in [-0.1, -0.05) is 56.3 Å². The van der Waals surface area contributed by atoms with Gasteiger partial charge < -0.3 is 4.90 Å². The number of fused-ring (bicyclic) bond motifs is 2. The molecule has 0 unspecified atom stereocenters. The van der Waals surface area contributed by atoms with E-state index in [9.17, 15) is 0 Å². The molecule has 0 amide bonds. The van der Waals surface area contributed by atoms with Crippen LogP contribution in [0.2, 0.25) is 0 Å². The van der Waals surface area contributed by atoms with E-state index in [0.29, 0.717) is 0 Å². The summed E-state index contributed by atoms with van der Waals surface area (Å²) in [6, 6.07) is 17.4. The fourth-order valence-corrected chi connectivity index (χ4v) is 4.83. The van der Waals surface area contributed by atoms with Crippen molar-refractivity contribution in [2.75, 3.05) is 19.0 Å². The SMILES string of the molecule is CN1/C(=C/C=C/C2=[N+](C)c3ccccc3C2(C)C)C(C)(C)c2ccccc21.[O-][Cl+3]([O-])([O-])O. The zero-order chi connectivity index (χ0) is 23.9. The minimum Gasteiger partial charge on any atom is -0.347 e. The van der Waals surface area contributed by atoms with E-state index in [2.05, 4.69) is 118 Å². The van der Waals surface area contributed by atoms with Gasteiger partial charge >= 0.3 is 0 Å². The molecular formula is C25H30ClN2O4+. The number of hydrogen-bond donors (Lipinski definition) is 1. The Bertz CT molecular complexity index is 1100. The molecule has 0 radical (unpaired) electrons. The highest BCUT2D eigenvalue weighted by Crippen LogP contribution is 2.46. The molecule has 0 fully saturated rings. The van der Waals surface area contributed by atoms with Crippen molar-refractivity contribution < 1.29 is 33.5 Å². The normalized spacial score (nSPS) is 19.8. The van der Waals surface area contributed by atoms with Crippen LogP contribution in [0, 0.1) is 10.2 Å². The maximum Gasteiger partial charge on any atom is 0.209 e. The van der Waals surface area contributed by atoms with Crippen molar-refractivity contribution in [3.8, 4) is 0 Å². The van der Waals surface area contributed by atoms with E-state index in [1.54, 1.807) is 0 Å². The first-order valence-corrected chi connectivity index (χ1v) is 11.6. The first-order chi connectivity index (χ1) is 14.8. The summed E-state index contributed by atoms with van der Waals surface area (Å²) in [5.74, 6) is 0. The third kappa shape index (κ3) is 4.51. The third-order valence-electron chi connectivity index (χ3n) is 6.39. The number of allylic oxidation sites excluding steroid dienone is 4. The summed E-state index contributed by atoms with van der Waals surface area (Å²) in [4.78, 5) is 2.32. The molecule has 2 aliphatic heterocycles. The van der Waals surface area contributed by atoms with Crippen molar-refractivity contribution in [2.45, 2.75) is 38.5 Å². The lowest BCUT2D eigenvalue weighted by Crippen LogP contribution is -2.58. The van der Waals surface area contributed by atoms with Crippen molar-refractivity contribution in [1.29, 1.82) is 0 Å². The molecule has 0 saturated heterocycles. The van der Waals surface area contributed by atoms with E-state index in [1.165, 1.54) is 33.9 Å². The molecule has 4 rings (SSSR count). The van der Waals surface area contributed by atoms with Gasteiger partial charge in [0.15, 0.2) is 5.71 Å². The summed E-state index contributed by atoms with van der Waals surface area (Å²) in [6.45, 7) is 9.24. The summed E-state index contributed by atoms with van der Waals surface area (Å²) in [6.07, 6.45) is 6.78. The van der Waals surface area contributed by atoms with Crippen LogP contribution >= 0.6 is 0 Å². The van der Waals surface area contributed by atoms with Crippen molar-refractivity contribution in [2.24, 2.45) is 0 Å². The molecule has 2 heterocycles. The molecule has 2 aromatic rings. The number of halogens is 1. The topological polar surface area (TPSA) is 95.7 Å².